The van der Waals surface area contributed by atoms with Crippen LogP contribution in [0.5, 0.6) is 0 Å². The molecule has 1 unspecified atom stereocenters. The molecule has 0 saturated carbocycles. The van der Waals surface area contributed by atoms with E-state index < -0.39 is 22.3 Å². The predicted molar refractivity (Wildman–Crippen MR) is 111 cm³/mol. The van der Waals surface area contributed by atoms with E-state index in [0.29, 0.717) is 12.2 Å². The fraction of sp³-hybridized carbons (Fsp3) is 0.524. The minimum Gasteiger partial charge on any atom is -0.369 e. The number of benzene rings is 1. The number of aromatic amines is 2. The Morgan fingerprint density at radius 1 is 1.00 bits per heavy atom. The highest BCUT2D eigenvalue weighted by atomic mass is 16.6. The van der Waals surface area contributed by atoms with Crippen molar-refractivity contribution in [3.05, 3.63) is 72.5 Å². The van der Waals surface area contributed by atoms with E-state index in [1.807, 2.05) is 0 Å². The van der Waals surface area contributed by atoms with Crippen LogP contribution in [0.2, 0.25) is 0 Å². The number of rotatable bonds is 13. The summed E-state index contributed by atoms with van der Waals surface area (Å²) in [6, 6.07) is 5.89. The molecule has 0 spiro atoms. The largest absolute Gasteiger partial charge is 0.369 e. The van der Waals surface area contributed by atoms with Crippen LogP contribution in [0, 0.1) is 10.1 Å². The Bertz CT molecular complexity index is 873. The molecule has 0 fully saturated rings. The highest BCUT2D eigenvalue weighted by Gasteiger charge is 2.19. The number of ether oxygens (including phenoxy) is 1. The number of hydrogen-bond donors (Lipinski definition) is 2. The zero-order valence-corrected chi connectivity index (χ0v) is 16.8. The summed E-state index contributed by atoms with van der Waals surface area (Å²) in [6.07, 6.45) is 9.95. The quantitative estimate of drug-likeness (QED) is 0.295. The third-order valence-corrected chi connectivity index (χ3v) is 4.82. The predicted octanol–water partition coefficient (Wildman–Crippen LogP) is 4.22. The summed E-state index contributed by atoms with van der Waals surface area (Å²) in [5.74, 6) is 0. The van der Waals surface area contributed by atoms with Crippen LogP contribution in [0.3, 0.4) is 0 Å². The standard InChI is InChI=1S/C21H29N3O5/c1-2-3-4-5-6-7-8-9-14-29-19(18-15-22-21(26)23-20(18)25)16-10-12-17(13-11-16)24(27)28/h10-13,15,19H,2-9,14H2,1H3,(H2,22,23,25,26). The fourth-order valence-electron chi connectivity index (χ4n) is 3.19. The normalized spacial score (nSPS) is 12.0. The maximum atomic E-state index is 12.2. The Hall–Kier alpha value is -2.74. The Kier molecular flexibility index (Phi) is 9.30. The molecule has 1 atom stereocenters. The first-order chi connectivity index (χ1) is 14.0. The number of nitrogens with zero attached hydrogens (tertiary/aromatic N) is 1. The van der Waals surface area contributed by atoms with Gasteiger partial charge in [-0.3, -0.25) is 19.9 Å². The Morgan fingerprint density at radius 3 is 2.21 bits per heavy atom. The van der Waals surface area contributed by atoms with Gasteiger partial charge in [0.2, 0.25) is 0 Å². The second kappa shape index (κ2) is 12.0. The molecule has 0 aliphatic heterocycles. The van der Waals surface area contributed by atoms with E-state index >= 15 is 0 Å². The van der Waals surface area contributed by atoms with Crippen molar-refractivity contribution in [2.24, 2.45) is 0 Å². The molecule has 0 saturated heterocycles. The van der Waals surface area contributed by atoms with Crippen molar-refractivity contribution in [3.8, 4) is 0 Å². The third-order valence-electron chi connectivity index (χ3n) is 4.82. The van der Waals surface area contributed by atoms with E-state index in [4.69, 9.17) is 4.74 Å². The van der Waals surface area contributed by atoms with Crippen LogP contribution >= 0.6 is 0 Å². The van der Waals surface area contributed by atoms with Crippen LogP contribution in [0.15, 0.2) is 40.1 Å². The molecule has 0 bridgehead atoms. The first kappa shape index (κ1) is 22.5. The topological polar surface area (TPSA) is 118 Å². The third kappa shape index (κ3) is 7.30. The number of nitrogens with one attached hydrogen (secondary N) is 2. The van der Waals surface area contributed by atoms with E-state index in [-0.39, 0.29) is 11.3 Å². The summed E-state index contributed by atoms with van der Waals surface area (Å²) in [4.78, 5) is 38.6. The second-order valence-electron chi connectivity index (χ2n) is 7.10. The van der Waals surface area contributed by atoms with E-state index in [1.165, 1.54) is 50.4 Å². The van der Waals surface area contributed by atoms with Crippen LogP contribution in [0.25, 0.3) is 0 Å². The van der Waals surface area contributed by atoms with E-state index in [2.05, 4.69) is 16.9 Å². The lowest BCUT2D eigenvalue weighted by Crippen LogP contribution is -2.27. The van der Waals surface area contributed by atoms with Crippen molar-refractivity contribution < 1.29 is 9.66 Å². The summed E-state index contributed by atoms with van der Waals surface area (Å²) >= 11 is 0. The molecule has 8 heteroatoms. The van der Waals surface area contributed by atoms with Crippen molar-refractivity contribution in [2.45, 2.75) is 64.4 Å². The van der Waals surface area contributed by atoms with Crippen LogP contribution in [-0.2, 0) is 4.74 Å². The smallest absolute Gasteiger partial charge is 0.325 e. The lowest BCUT2D eigenvalue weighted by Gasteiger charge is -2.18. The molecule has 1 aromatic carbocycles. The lowest BCUT2D eigenvalue weighted by atomic mass is 10.0. The fourth-order valence-corrected chi connectivity index (χ4v) is 3.19. The molecule has 2 N–H and O–H groups in total. The van der Waals surface area contributed by atoms with Crippen molar-refractivity contribution in [3.63, 3.8) is 0 Å². The van der Waals surface area contributed by atoms with Gasteiger partial charge in [0, 0.05) is 24.9 Å². The molecule has 29 heavy (non-hydrogen) atoms. The molecule has 8 nitrogen and oxygen atoms in total. The number of unbranched alkanes of at least 4 members (excludes halogenated alkanes) is 7. The monoisotopic (exact) mass is 403 g/mol. The zero-order chi connectivity index (χ0) is 21.1. The first-order valence-corrected chi connectivity index (χ1v) is 10.2. The zero-order valence-electron chi connectivity index (χ0n) is 16.8. The first-order valence-electron chi connectivity index (χ1n) is 10.2. The summed E-state index contributed by atoms with van der Waals surface area (Å²) in [5.41, 5.74) is -0.283. The minimum atomic E-state index is -0.707. The molecule has 0 amide bonds. The van der Waals surface area contributed by atoms with Gasteiger partial charge in [-0.05, 0) is 24.1 Å². The van der Waals surface area contributed by atoms with Crippen LogP contribution in [-0.4, -0.2) is 21.5 Å². The van der Waals surface area contributed by atoms with Crippen molar-refractivity contribution in [2.75, 3.05) is 6.61 Å². The molecule has 1 aromatic heterocycles. The summed E-state index contributed by atoms with van der Waals surface area (Å²) < 4.78 is 5.97. The van der Waals surface area contributed by atoms with E-state index in [9.17, 15) is 19.7 Å². The summed E-state index contributed by atoms with van der Waals surface area (Å²) in [7, 11) is 0. The van der Waals surface area contributed by atoms with Gasteiger partial charge in [-0.15, -0.1) is 0 Å². The average Bonchev–Trinajstić information content (AvgIpc) is 2.70. The average molecular weight is 403 g/mol. The number of aromatic nitrogens is 2. The molecule has 2 aromatic rings. The highest BCUT2D eigenvalue weighted by Crippen LogP contribution is 2.25. The number of non-ortho nitro benzene ring substituents is 1. The van der Waals surface area contributed by atoms with Gasteiger partial charge in [-0.2, -0.15) is 0 Å². The van der Waals surface area contributed by atoms with Gasteiger partial charge in [0.1, 0.15) is 6.10 Å². The van der Waals surface area contributed by atoms with E-state index in [0.717, 1.165) is 19.3 Å². The van der Waals surface area contributed by atoms with Crippen LogP contribution in [0.1, 0.15) is 75.5 Å². The molecular weight excluding hydrogens is 374 g/mol. The van der Waals surface area contributed by atoms with Gasteiger partial charge in [-0.25, -0.2) is 4.79 Å². The minimum absolute atomic E-state index is 0.0362. The van der Waals surface area contributed by atoms with Crippen molar-refractivity contribution >= 4 is 5.69 Å². The second-order valence-corrected chi connectivity index (χ2v) is 7.10. The van der Waals surface area contributed by atoms with Gasteiger partial charge >= 0.3 is 5.69 Å². The molecular formula is C21H29N3O5. The SMILES string of the molecule is CCCCCCCCCCOC(c1ccc([N+](=O)[O-])cc1)c1c[nH]c(=O)[nH]c1=O. The maximum Gasteiger partial charge on any atom is 0.325 e. The molecule has 0 radical (unpaired) electrons. The van der Waals surface area contributed by atoms with Gasteiger partial charge in [0.05, 0.1) is 10.5 Å². The highest BCUT2D eigenvalue weighted by molar-refractivity contribution is 5.36. The molecule has 2 rings (SSSR count). The Labute approximate surface area is 169 Å². The van der Waals surface area contributed by atoms with Crippen molar-refractivity contribution in [1.29, 1.82) is 0 Å². The van der Waals surface area contributed by atoms with Gasteiger partial charge in [0.25, 0.3) is 11.2 Å². The van der Waals surface area contributed by atoms with Gasteiger partial charge in [0.15, 0.2) is 0 Å². The Morgan fingerprint density at radius 2 is 1.62 bits per heavy atom. The lowest BCUT2D eigenvalue weighted by molar-refractivity contribution is -0.384. The summed E-state index contributed by atoms with van der Waals surface area (Å²) in [6.45, 7) is 2.65. The van der Waals surface area contributed by atoms with Crippen LogP contribution in [0.4, 0.5) is 5.69 Å². The summed E-state index contributed by atoms with van der Waals surface area (Å²) in [5, 5.41) is 10.9. The molecule has 158 valence electrons. The van der Waals surface area contributed by atoms with Crippen LogP contribution < -0.4 is 11.2 Å². The Balaban J connectivity index is 1.99. The van der Waals surface area contributed by atoms with E-state index in [1.54, 1.807) is 12.1 Å². The van der Waals surface area contributed by atoms with Gasteiger partial charge < -0.3 is 9.72 Å². The maximum absolute atomic E-state index is 12.2. The molecule has 1 heterocycles. The number of nitro benzene ring substituents is 1. The molecule has 0 aliphatic rings. The van der Waals surface area contributed by atoms with Gasteiger partial charge in [-0.1, -0.05) is 51.9 Å². The van der Waals surface area contributed by atoms with Crippen molar-refractivity contribution in [1.82, 2.24) is 9.97 Å². The molecule has 0 aliphatic carbocycles. The number of hydrogen-bond acceptors (Lipinski definition) is 5. The number of H-pyrrole nitrogens is 2. The number of nitro groups is 1.